The number of rotatable bonds is 0. The van der Waals surface area contributed by atoms with Gasteiger partial charge in [0, 0.05) is 24.2 Å². The Labute approximate surface area is 112 Å². The molecule has 2 saturated heterocycles. The minimum atomic E-state index is 0.141. The highest BCUT2D eigenvalue weighted by Crippen LogP contribution is 2.17. The van der Waals surface area contributed by atoms with Gasteiger partial charge in [-0.1, -0.05) is 0 Å². The highest BCUT2D eigenvalue weighted by atomic mass is 16.5. The molecule has 2 fully saturated rings. The number of nitrogens with one attached hydrogen (secondary N) is 2. The van der Waals surface area contributed by atoms with Gasteiger partial charge in [-0.3, -0.25) is 0 Å². The monoisotopic (exact) mass is 258 g/mol. The lowest BCUT2D eigenvalue weighted by Crippen LogP contribution is -2.60. The Balaban J connectivity index is 0.000000184. The third-order valence-electron chi connectivity index (χ3n) is 2.93. The third kappa shape index (κ3) is 6.14. The van der Waals surface area contributed by atoms with E-state index < -0.39 is 0 Å². The molecule has 0 aliphatic carbocycles. The molecule has 0 aromatic heterocycles. The van der Waals surface area contributed by atoms with Gasteiger partial charge in [-0.2, -0.15) is 0 Å². The van der Waals surface area contributed by atoms with Crippen LogP contribution < -0.4 is 10.6 Å². The molecule has 0 spiro atoms. The average molecular weight is 258 g/mol. The normalized spacial score (nSPS) is 34.3. The van der Waals surface area contributed by atoms with E-state index in [2.05, 4.69) is 52.2 Å². The first kappa shape index (κ1) is 15.9. The molecule has 4 nitrogen and oxygen atoms in total. The maximum absolute atomic E-state index is 5.44. The minimum absolute atomic E-state index is 0.141. The maximum atomic E-state index is 5.44. The van der Waals surface area contributed by atoms with Crippen molar-refractivity contribution in [2.75, 3.05) is 26.3 Å². The second-order valence-electron chi connectivity index (χ2n) is 6.80. The molecule has 2 heterocycles. The summed E-state index contributed by atoms with van der Waals surface area (Å²) >= 11 is 0. The smallest absolute Gasteiger partial charge is 0.0675 e. The predicted octanol–water partition coefficient (Wildman–Crippen LogP) is 1.55. The van der Waals surface area contributed by atoms with Crippen molar-refractivity contribution < 1.29 is 9.47 Å². The minimum Gasteiger partial charge on any atom is -0.378 e. The quantitative estimate of drug-likeness (QED) is 0.692. The molecule has 0 aromatic carbocycles. The van der Waals surface area contributed by atoms with E-state index >= 15 is 0 Å². The number of hydrogen-bond acceptors (Lipinski definition) is 4. The van der Waals surface area contributed by atoms with Gasteiger partial charge in [-0.05, 0) is 41.5 Å². The first-order chi connectivity index (χ1) is 8.20. The zero-order valence-electron chi connectivity index (χ0n) is 12.8. The van der Waals surface area contributed by atoms with Gasteiger partial charge in [0.15, 0.2) is 0 Å². The van der Waals surface area contributed by atoms with Crippen LogP contribution in [0.3, 0.4) is 0 Å². The largest absolute Gasteiger partial charge is 0.378 e. The predicted molar refractivity (Wildman–Crippen MR) is 75.0 cm³/mol. The van der Waals surface area contributed by atoms with Crippen LogP contribution in [0.15, 0.2) is 0 Å². The summed E-state index contributed by atoms with van der Waals surface area (Å²) in [6.45, 7) is 16.5. The highest BCUT2D eigenvalue weighted by molar-refractivity contribution is 4.91. The van der Waals surface area contributed by atoms with Crippen LogP contribution >= 0.6 is 0 Å². The van der Waals surface area contributed by atoms with E-state index in [4.69, 9.17) is 9.47 Å². The summed E-state index contributed by atoms with van der Waals surface area (Å²) in [6, 6.07) is 0. The third-order valence-corrected chi connectivity index (χ3v) is 2.93. The summed E-state index contributed by atoms with van der Waals surface area (Å²) in [5, 5.41) is 6.77. The molecule has 108 valence electrons. The molecule has 2 atom stereocenters. The SMILES string of the molecule is CC1(C)COCC(C)(C)N1.CC1CNCC(C)O1. The van der Waals surface area contributed by atoms with Crippen molar-refractivity contribution in [3.8, 4) is 0 Å². The molecule has 2 unspecified atom stereocenters. The van der Waals surface area contributed by atoms with Crippen molar-refractivity contribution in [2.24, 2.45) is 0 Å². The van der Waals surface area contributed by atoms with E-state index in [1.807, 2.05) is 0 Å². The van der Waals surface area contributed by atoms with Crippen LogP contribution in [0.2, 0.25) is 0 Å². The van der Waals surface area contributed by atoms with E-state index in [9.17, 15) is 0 Å². The zero-order chi connectivity index (χ0) is 13.8. The van der Waals surface area contributed by atoms with E-state index in [1.54, 1.807) is 0 Å². The van der Waals surface area contributed by atoms with Crippen LogP contribution in [-0.2, 0) is 9.47 Å². The van der Waals surface area contributed by atoms with Gasteiger partial charge >= 0.3 is 0 Å². The number of ether oxygens (including phenoxy) is 2. The lowest BCUT2D eigenvalue weighted by molar-refractivity contribution is -0.0172. The highest BCUT2D eigenvalue weighted by Gasteiger charge is 2.32. The van der Waals surface area contributed by atoms with Crippen molar-refractivity contribution in [3.63, 3.8) is 0 Å². The van der Waals surface area contributed by atoms with Gasteiger partial charge in [0.25, 0.3) is 0 Å². The van der Waals surface area contributed by atoms with E-state index in [0.29, 0.717) is 12.2 Å². The van der Waals surface area contributed by atoms with Crippen LogP contribution in [0.5, 0.6) is 0 Å². The molecular formula is C14H30N2O2. The second-order valence-corrected chi connectivity index (χ2v) is 6.80. The van der Waals surface area contributed by atoms with Crippen LogP contribution in [0, 0.1) is 0 Å². The molecule has 0 radical (unpaired) electrons. The van der Waals surface area contributed by atoms with Crippen molar-refractivity contribution in [2.45, 2.75) is 64.8 Å². The fourth-order valence-corrected chi connectivity index (χ4v) is 2.53. The first-order valence-electron chi connectivity index (χ1n) is 6.93. The Bertz CT molecular complexity index is 232. The van der Waals surface area contributed by atoms with E-state index in [0.717, 1.165) is 26.3 Å². The molecular weight excluding hydrogens is 228 g/mol. The van der Waals surface area contributed by atoms with Gasteiger partial charge < -0.3 is 20.1 Å². The van der Waals surface area contributed by atoms with Crippen molar-refractivity contribution in [1.29, 1.82) is 0 Å². The summed E-state index contributed by atoms with van der Waals surface area (Å²) in [6.07, 6.45) is 0.803. The molecule has 2 aliphatic rings. The van der Waals surface area contributed by atoms with Crippen LogP contribution in [-0.4, -0.2) is 49.6 Å². The molecule has 2 N–H and O–H groups in total. The average Bonchev–Trinajstić information content (AvgIpc) is 2.13. The lowest BCUT2D eigenvalue weighted by atomic mass is 9.96. The van der Waals surface area contributed by atoms with Crippen molar-refractivity contribution in [1.82, 2.24) is 10.6 Å². The van der Waals surface area contributed by atoms with Gasteiger partial charge in [-0.15, -0.1) is 0 Å². The molecule has 2 rings (SSSR count). The van der Waals surface area contributed by atoms with Gasteiger partial charge in [0.2, 0.25) is 0 Å². The summed E-state index contributed by atoms with van der Waals surface area (Å²) in [5.74, 6) is 0. The Morgan fingerprint density at radius 1 is 0.889 bits per heavy atom. The molecule has 0 bridgehead atoms. The number of morpholine rings is 2. The summed E-state index contributed by atoms with van der Waals surface area (Å²) < 4.78 is 10.9. The summed E-state index contributed by atoms with van der Waals surface area (Å²) in [7, 11) is 0. The molecule has 0 amide bonds. The van der Waals surface area contributed by atoms with E-state index in [-0.39, 0.29) is 11.1 Å². The molecule has 18 heavy (non-hydrogen) atoms. The Hall–Kier alpha value is -0.160. The van der Waals surface area contributed by atoms with Gasteiger partial charge in [0.1, 0.15) is 0 Å². The molecule has 4 heteroatoms. The van der Waals surface area contributed by atoms with Crippen molar-refractivity contribution in [3.05, 3.63) is 0 Å². The van der Waals surface area contributed by atoms with Crippen LogP contribution in [0.4, 0.5) is 0 Å². The standard InChI is InChI=1S/C8H17NO.C6H13NO/c1-7(2)5-10-6-8(3,4)9-7;1-5-3-7-4-6(2)8-5/h9H,5-6H2,1-4H3;5-7H,3-4H2,1-2H3. The van der Waals surface area contributed by atoms with Crippen LogP contribution in [0.25, 0.3) is 0 Å². The summed E-state index contributed by atoms with van der Waals surface area (Å²) in [5.41, 5.74) is 0.281. The van der Waals surface area contributed by atoms with Crippen molar-refractivity contribution >= 4 is 0 Å². The van der Waals surface area contributed by atoms with Crippen LogP contribution in [0.1, 0.15) is 41.5 Å². The molecule has 2 aliphatic heterocycles. The fourth-order valence-electron chi connectivity index (χ4n) is 2.53. The Kier molecular flexibility index (Phi) is 5.59. The molecule has 0 saturated carbocycles. The topological polar surface area (TPSA) is 42.5 Å². The maximum Gasteiger partial charge on any atom is 0.0675 e. The lowest BCUT2D eigenvalue weighted by Gasteiger charge is -2.42. The Morgan fingerprint density at radius 3 is 1.56 bits per heavy atom. The summed E-state index contributed by atoms with van der Waals surface area (Å²) in [4.78, 5) is 0. The number of hydrogen-bond donors (Lipinski definition) is 2. The Morgan fingerprint density at radius 2 is 1.33 bits per heavy atom. The van der Waals surface area contributed by atoms with E-state index in [1.165, 1.54) is 0 Å². The zero-order valence-corrected chi connectivity index (χ0v) is 12.8. The van der Waals surface area contributed by atoms with Gasteiger partial charge in [-0.25, -0.2) is 0 Å². The molecule has 0 aromatic rings. The first-order valence-corrected chi connectivity index (χ1v) is 6.93. The van der Waals surface area contributed by atoms with Gasteiger partial charge in [0.05, 0.1) is 25.4 Å². The fraction of sp³-hybridized carbons (Fsp3) is 1.00. The second kappa shape index (κ2) is 6.33.